The summed E-state index contributed by atoms with van der Waals surface area (Å²) in [4.78, 5) is 45.8. The van der Waals surface area contributed by atoms with Gasteiger partial charge in [-0.2, -0.15) is 0 Å². The van der Waals surface area contributed by atoms with Crippen LogP contribution in [-0.2, 0) is 16.0 Å². The molecule has 4 rings (SSSR count). The molecular weight excluding hydrogens is 456 g/mol. The second kappa shape index (κ2) is 12.2. The van der Waals surface area contributed by atoms with E-state index >= 15 is 0 Å². The van der Waals surface area contributed by atoms with Crippen molar-refractivity contribution in [2.45, 2.75) is 57.5 Å². The molecule has 3 amide bonds. The van der Waals surface area contributed by atoms with Gasteiger partial charge in [0.05, 0.1) is 12.8 Å². The summed E-state index contributed by atoms with van der Waals surface area (Å²) >= 11 is 0. The molecule has 8 heteroatoms. The van der Waals surface area contributed by atoms with Gasteiger partial charge in [0.1, 0.15) is 6.04 Å². The molecule has 36 heavy (non-hydrogen) atoms. The van der Waals surface area contributed by atoms with Crippen LogP contribution in [0.2, 0.25) is 0 Å². The van der Waals surface area contributed by atoms with Crippen molar-refractivity contribution in [3.63, 3.8) is 0 Å². The molecule has 2 N–H and O–H groups in total. The molecule has 1 aromatic carbocycles. The minimum atomic E-state index is -0.943. The van der Waals surface area contributed by atoms with Crippen LogP contribution < -0.4 is 15.5 Å². The van der Waals surface area contributed by atoms with E-state index in [4.69, 9.17) is 4.42 Å². The maximum Gasteiger partial charge on any atom is 0.287 e. The maximum atomic E-state index is 13.8. The zero-order chi connectivity index (χ0) is 25.3. The smallest absolute Gasteiger partial charge is 0.287 e. The predicted octanol–water partition coefficient (Wildman–Crippen LogP) is 4.19. The molecule has 1 aliphatic carbocycles. The molecule has 3 aromatic rings. The molecule has 0 aliphatic heterocycles. The highest BCUT2D eigenvalue weighted by Gasteiger charge is 2.35. The quantitative estimate of drug-likeness (QED) is 0.470. The fourth-order valence-electron chi connectivity index (χ4n) is 4.68. The Labute approximate surface area is 211 Å². The fourth-order valence-corrected chi connectivity index (χ4v) is 4.68. The van der Waals surface area contributed by atoms with E-state index in [1.165, 1.54) is 23.7 Å². The van der Waals surface area contributed by atoms with Crippen LogP contribution in [0.5, 0.6) is 0 Å². The molecule has 1 saturated carbocycles. The van der Waals surface area contributed by atoms with E-state index in [-0.39, 0.29) is 24.3 Å². The molecule has 0 bridgehead atoms. The highest BCUT2D eigenvalue weighted by atomic mass is 16.3. The number of rotatable bonds is 9. The number of amides is 3. The molecule has 0 spiro atoms. The molecule has 0 unspecified atom stereocenters. The number of nitrogens with one attached hydrogen (secondary N) is 2. The van der Waals surface area contributed by atoms with Crippen molar-refractivity contribution in [1.29, 1.82) is 0 Å². The van der Waals surface area contributed by atoms with Gasteiger partial charge in [0.25, 0.3) is 5.91 Å². The van der Waals surface area contributed by atoms with Gasteiger partial charge >= 0.3 is 0 Å². The van der Waals surface area contributed by atoms with Crippen molar-refractivity contribution in [3.05, 3.63) is 84.1 Å². The van der Waals surface area contributed by atoms with Crippen LogP contribution in [0.4, 0.5) is 5.69 Å². The number of carbonyl (C=O) groups excluding carboxylic acids is 3. The average molecular weight is 489 g/mol. The Balaban J connectivity index is 1.69. The van der Waals surface area contributed by atoms with Gasteiger partial charge in [-0.05, 0) is 49.1 Å². The van der Waals surface area contributed by atoms with Gasteiger partial charge in [0.15, 0.2) is 5.76 Å². The number of pyridine rings is 1. The van der Waals surface area contributed by atoms with Gasteiger partial charge < -0.3 is 15.1 Å². The number of benzene rings is 1. The number of aryl methyl sites for hydroxylation is 1. The number of hydrogen-bond donors (Lipinski definition) is 2. The Morgan fingerprint density at radius 1 is 1.06 bits per heavy atom. The number of carbonyl (C=O) groups is 3. The van der Waals surface area contributed by atoms with Crippen LogP contribution in [0.15, 0.2) is 71.6 Å². The summed E-state index contributed by atoms with van der Waals surface area (Å²) in [6.45, 7) is 1.70. The van der Waals surface area contributed by atoms with Crippen LogP contribution in [0.1, 0.15) is 66.8 Å². The molecule has 1 fully saturated rings. The van der Waals surface area contributed by atoms with Gasteiger partial charge in [0, 0.05) is 29.7 Å². The van der Waals surface area contributed by atoms with E-state index < -0.39 is 17.9 Å². The lowest BCUT2D eigenvalue weighted by molar-refractivity contribution is -0.127. The van der Waals surface area contributed by atoms with Crippen molar-refractivity contribution in [1.82, 2.24) is 15.6 Å². The maximum absolute atomic E-state index is 13.8. The molecule has 0 radical (unpaired) electrons. The first-order valence-corrected chi connectivity index (χ1v) is 12.5. The van der Waals surface area contributed by atoms with E-state index in [2.05, 4.69) is 15.6 Å². The first kappa shape index (κ1) is 25.2. The summed E-state index contributed by atoms with van der Waals surface area (Å²) in [5, 5.41) is 5.81. The standard InChI is InChI=1S/C28H32N4O4/c1-2-20-10-6-7-14-23(20)32(25(33)19-30-27(34)24-15-9-17-36-24)26(21-11-8-16-29-18-21)28(35)31-22-12-4-3-5-13-22/h6-11,14-18,22,26H,2-5,12-13,19H2,1H3,(H,30,34)(H,31,35)/t26-/m0/s1. The van der Waals surface area contributed by atoms with E-state index in [0.717, 1.165) is 31.2 Å². The number of aromatic nitrogens is 1. The van der Waals surface area contributed by atoms with Gasteiger partial charge in [0.2, 0.25) is 11.8 Å². The topological polar surface area (TPSA) is 105 Å². The molecular formula is C28H32N4O4. The molecule has 1 atom stereocenters. The molecule has 188 valence electrons. The lowest BCUT2D eigenvalue weighted by atomic mass is 9.94. The third kappa shape index (κ3) is 6.00. The zero-order valence-corrected chi connectivity index (χ0v) is 20.5. The van der Waals surface area contributed by atoms with Crippen molar-refractivity contribution < 1.29 is 18.8 Å². The Bertz CT molecular complexity index is 1160. The SMILES string of the molecule is CCc1ccccc1N(C(=O)CNC(=O)c1ccco1)[C@H](C(=O)NC1CCCCC1)c1cccnc1. The Morgan fingerprint density at radius 3 is 2.56 bits per heavy atom. The largest absolute Gasteiger partial charge is 0.459 e. The van der Waals surface area contributed by atoms with Gasteiger partial charge in [-0.15, -0.1) is 0 Å². The number of nitrogens with zero attached hydrogens (tertiary/aromatic N) is 2. The molecule has 2 aromatic heterocycles. The number of para-hydroxylation sites is 1. The minimum absolute atomic E-state index is 0.0717. The summed E-state index contributed by atoms with van der Waals surface area (Å²) in [5.74, 6) is -1.06. The number of hydrogen-bond acceptors (Lipinski definition) is 5. The van der Waals surface area contributed by atoms with E-state index in [9.17, 15) is 14.4 Å². The molecule has 2 heterocycles. The molecule has 8 nitrogen and oxygen atoms in total. The minimum Gasteiger partial charge on any atom is -0.459 e. The van der Waals surface area contributed by atoms with Crippen molar-refractivity contribution in [2.24, 2.45) is 0 Å². The second-order valence-electron chi connectivity index (χ2n) is 8.94. The van der Waals surface area contributed by atoms with Gasteiger partial charge in [-0.3, -0.25) is 24.3 Å². The van der Waals surface area contributed by atoms with Crippen LogP contribution in [-0.4, -0.2) is 35.3 Å². The zero-order valence-electron chi connectivity index (χ0n) is 20.5. The second-order valence-corrected chi connectivity index (χ2v) is 8.94. The van der Waals surface area contributed by atoms with Crippen molar-refractivity contribution in [3.8, 4) is 0 Å². The number of furan rings is 1. The van der Waals surface area contributed by atoms with Gasteiger partial charge in [-0.25, -0.2) is 0 Å². The monoisotopic (exact) mass is 488 g/mol. The Morgan fingerprint density at radius 2 is 1.86 bits per heavy atom. The summed E-state index contributed by atoms with van der Waals surface area (Å²) in [6, 6.07) is 13.3. The fraction of sp³-hybridized carbons (Fsp3) is 0.357. The predicted molar refractivity (Wildman–Crippen MR) is 136 cm³/mol. The summed E-state index contributed by atoms with van der Waals surface area (Å²) in [5.41, 5.74) is 2.15. The van der Waals surface area contributed by atoms with Crippen LogP contribution >= 0.6 is 0 Å². The van der Waals surface area contributed by atoms with Gasteiger partial charge in [-0.1, -0.05) is 50.5 Å². The molecule has 1 aliphatic rings. The summed E-state index contributed by atoms with van der Waals surface area (Å²) < 4.78 is 5.14. The van der Waals surface area contributed by atoms with E-state index in [0.29, 0.717) is 17.7 Å². The normalized spacial score (nSPS) is 14.6. The average Bonchev–Trinajstić information content (AvgIpc) is 3.46. The van der Waals surface area contributed by atoms with E-state index in [1.54, 1.807) is 30.6 Å². The summed E-state index contributed by atoms with van der Waals surface area (Å²) in [6.07, 6.45) is 10.5. The number of anilines is 1. The third-order valence-electron chi connectivity index (χ3n) is 6.50. The third-order valence-corrected chi connectivity index (χ3v) is 6.50. The van der Waals surface area contributed by atoms with Crippen molar-refractivity contribution in [2.75, 3.05) is 11.4 Å². The highest BCUT2D eigenvalue weighted by molar-refractivity contribution is 6.04. The highest BCUT2D eigenvalue weighted by Crippen LogP contribution is 2.31. The first-order chi connectivity index (χ1) is 17.6. The summed E-state index contributed by atoms with van der Waals surface area (Å²) in [7, 11) is 0. The van der Waals surface area contributed by atoms with Crippen LogP contribution in [0, 0.1) is 0 Å². The lowest BCUT2D eigenvalue weighted by Crippen LogP contribution is -2.50. The van der Waals surface area contributed by atoms with E-state index in [1.807, 2.05) is 31.2 Å². The Kier molecular flexibility index (Phi) is 8.49. The lowest BCUT2D eigenvalue weighted by Gasteiger charge is -2.34. The van der Waals surface area contributed by atoms with Crippen LogP contribution in [0.3, 0.4) is 0 Å². The van der Waals surface area contributed by atoms with Crippen LogP contribution in [0.25, 0.3) is 0 Å². The molecule has 0 saturated heterocycles. The first-order valence-electron chi connectivity index (χ1n) is 12.5. The van der Waals surface area contributed by atoms with Crippen molar-refractivity contribution >= 4 is 23.4 Å². The Hall–Kier alpha value is -3.94.